The Bertz CT molecular complexity index is 858. The van der Waals surface area contributed by atoms with Crippen molar-refractivity contribution in [2.45, 2.75) is 31.2 Å². The van der Waals surface area contributed by atoms with E-state index in [1.54, 1.807) is 31.4 Å². The van der Waals surface area contributed by atoms with E-state index in [4.69, 9.17) is 4.74 Å². The number of likely N-dealkylation sites (tertiary alicyclic amines) is 1. The summed E-state index contributed by atoms with van der Waals surface area (Å²) >= 11 is 0. The molecule has 0 saturated carbocycles. The quantitative estimate of drug-likeness (QED) is 0.821. The van der Waals surface area contributed by atoms with Crippen molar-refractivity contribution < 1.29 is 23.6 Å². The molecule has 0 unspecified atom stereocenters. The maximum atomic E-state index is 13.1. The second-order valence-corrected chi connectivity index (χ2v) is 7.51. The molecule has 0 bridgehead atoms. The Balaban J connectivity index is 1.42. The fourth-order valence-electron chi connectivity index (χ4n) is 4.36. The van der Waals surface area contributed by atoms with Crippen molar-refractivity contribution in [2.75, 3.05) is 25.1 Å². The lowest BCUT2D eigenvalue weighted by Crippen LogP contribution is -3.17. The molecule has 2 fully saturated rings. The number of quaternary nitrogens is 1. The Kier molecular flexibility index (Phi) is 5.13. The first kappa shape index (κ1) is 18.6. The van der Waals surface area contributed by atoms with E-state index < -0.39 is 0 Å². The smallest absolute Gasteiger partial charge is 0.292 e. The number of hydrogen-bond donors (Lipinski definition) is 1. The molecule has 2 amide bonds. The van der Waals surface area contributed by atoms with Gasteiger partial charge in [-0.05, 0) is 47.9 Å². The maximum Gasteiger partial charge on any atom is 0.292 e. The zero-order chi connectivity index (χ0) is 19.7. The van der Waals surface area contributed by atoms with Crippen LogP contribution in [-0.4, -0.2) is 38.1 Å². The van der Waals surface area contributed by atoms with Gasteiger partial charge in [-0.1, -0.05) is 12.1 Å². The Labute approximate surface area is 163 Å². The number of piperidine rings is 1. The van der Waals surface area contributed by atoms with Crippen LogP contribution in [0.4, 0.5) is 10.1 Å². The zero-order valence-corrected chi connectivity index (χ0v) is 15.9. The Hall–Kier alpha value is -2.73. The molecule has 1 atom stereocenters. The summed E-state index contributed by atoms with van der Waals surface area (Å²) in [5.74, 6) is 0.585. The summed E-state index contributed by atoms with van der Waals surface area (Å²) in [6, 6.07) is 13.4. The first-order valence-electron chi connectivity index (χ1n) is 9.67. The normalized spacial score (nSPS) is 25.2. The molecule has 28 heavy (non-hydrogen) atoms. The van der Waals surface area contributed by atoms with Crippen LogP contribution >= 0.6 is 0 Å². The monoisotopic (exact) mass is 383 g/mol. The van der Waals surface area contributed by atoms with Crippen LogP contribution in [-0.2, 0) is 9.59 Å². The van der Waals surface area contributed by atoms with Gasteiger partial charge >= 0.3 is 0 Å². The third kappa shape index (κ3) is 3.52. The van der Waals surface area contributed by atoms with Crippen molar-refractivity contribution in [1.29, 1.82) is 0 Å². The van der Waals surface area contributed by atoms with Crippen LogP contribution < -0.4 is 14.5 Å². The van der Waals surface area contributed by atoms with Gasteiger partial charge in [0.2, 0.25) is 5.91 Å². The van der Waals surface area contributed by atoms with Crippen LogP contribution in [0.3, 0.4) is 0 Å². The number of methoxy groups -OCH3 is 1. The predicted molar refractivity (Wildman–Crippen MR) is 103 cm³/mol. The molecule has 0 aromatic heterocycles. The molecule has 2 aromatic rings. The van der Waals surface area contributed by atoms with E-state index in [1.165, 1.54) is 21.9 Å². The van der Waals surface area contributed by atoms with Gasteiger partial charge in [-0.3, -0.25) is 9.59 Å². The van der Waals surface area contributed by atoms with E-state index in [2.05, 4.69) is 0 Å². The lowest BCUT2D eigenvalue weighted by molar-refractivity contribution is -0.920. The van der Waals surface area contributed by atoms with E-state index in [1.807, 2.05) is 12.1 Å². The number of carbonyl (C=O) groups excluding carboxylic acids is 2. The SMILES string of the molecule is COc1ccc(N2C(=O)C[C@@H]([NH+]3CCC(c4ccc(F)cc4)CC3)C2=O)cc1. The standard InChI is InChI=1S/C22H23FN2O3/c1-28-19-8-6-18(7-9-19)25-21(26)14-20(22(25)27)24-12-10-16(11-13-24)15-2-4-17(23)5-3-15/h2-9,16,20H,10-14H2,1H3/p+1/t20-/m1/s1. The van der Waals surface area contributed by atoms with Gasteiger partial charge in [-0.15, -0.1) is 0 Å². The minimum atomic E-state index is -0.316. The Morgan fingerprint density at radius 1 is 1.00 bits per heavy atom. The van der Waals surface area contributed by atoms with Crippen LogP contribution in [0, 0.1) is 5.82 Å². The minimum Gasteiger partial charge on any atom is -0.497 e. The van der Waals surface area contributed by atoms with E-state index in [9.17, 15) is 14.0 Å². The summed E-state index contributed by atoms with van der Waals surface area (Å²) in [7, 11) is 1.58. The largest absolute Gasteiger partial charge is 0.497 e. The highest BCUT2D eigenvalue weighted by Gasteiger charge is 2.46. The highest BCUT2D eigenvalue weighted by molar-refractivity contribution is 6.21. The number of benzene rings is 2. The Morgan fingerprint density at radius 3 is 2.25 bits per heavy atom. The van der Waals surface area contributed by atoms with Gasteiger partial charge in [0.05, 0.1) is 32.3 Å². The van der Waals surface area contributed by atoms with Gasteiger partial charge < -0.3 is 9.64 Å². The molecule has 2 aliphatic rings. The number of halogens is 1. The van der Waals surface area contributed by atoms with Gasteiger partial charge in [0.1, 0.15) is 11.6 Å². The fourth-order valence-corrected chi connectivity index (χ4v) is 4.36. The number of imide groups is 1. The highest BCUT2D eigenvalue weighted by atomic mass is 19.1. The fraction of sp³-hybridized carbons (Fsp3) is 0.364. The van der Waals surface area contributed by atoms with Crippen molar-refractivity contribution in [3.05, 3.63) is 59.9 Å². The van der Waals surface area contributed by atoms with Crippen molar-refractivity contribution in [1.82, 2.24) is 0 Å². The second-order valence-electron chi connectivity index (χ2n) is 7.51. The molecule has 2 aromatic carbocycles. The molecule has 5 nitrogen and oxygen atoms in total. The van der Waals surface area contributed by atoms with Gasteiger partial charge in [0, 0.05) is 12.8 Å². The van der Waals surface area contributed by atoms with Crippen LogP contribution in [0.15, 0.2) is 48.5 Å². The van der Waals surface area contributed by atoms with Crippen LogP contribution in [0.25, 0.3) is 0 Å². The van der Waals surface area contributed by atoms with Crippen molar-refractivity contribution >= 4 is 17.5 Å². The number of carbonyl (C=O) groups is 2. The Morgan fingerprint density at radius 2 is 1.64 bits per heavy atom. The first-order chi connectivity index (χ1) is 13.6. The van der Waals surface area contributed by atoms with Crippen molar-refractivity contribution in [2.24, 2.45) is 0 Å². The molecule has 0 spiro atoms. The molecule has 0 radical (unpaired) electrons. The molecular formula is C22H24FN2O3+. The molecule has 6 heteroatoms. The van der Waals surface area contributed by atoms with Gasteiger partial charge in [0.25, 0.3) is 5.91 Å². The van der Waals surface area contributed by atoms with Crippen LogP contribution in [0.5, 0.6) is 5.75 Å². The number of rotatable bonds is 4. The average molecular weight is 383 g/mol. The average Bonchev–Trinajstić information content (AvgIpc) is 3.03. The number of amides is 2. The topological polar surface area (TPSA) is 51.0 Å². The molecule has 0 aliphatic carbocycles. The number of nitrogens with one attached hydrogen (secondary N) is 1. The van der Waals surface area contributed by atoms with Crippen molar-refractivity contribution in [3.8, 4) is 5.75 Å². The number of hydrogen-bond acceptors (Lipinski definition) is 3. The zero-order valence-electron chi connectivity index (χ0n) is 15.9. The molecule has 146 valence electrons. The van der Waals surface area contributed by atoms with Crippen molar-refractivity contribution in [3.63, 3.8) is 0 Å². The van der Waals surface area contributed by atoms with E-state index in [-0.39, 0.29) is 30.1 Å². The summed E-state index contributed by atoms with van der Waals surface area (Å²) in [5.41, 5.74) is 1.74. The highest BCUT2D eigenvalue weighted by Crippen LogP contribution is 2.27. The predicted octanol–water partition coefficient (Wildman–Crippen LogP) is 1.93. The minimum absolute atomic E-state index is 0.120. The summed E-state index contributed by atoms with van der Waals surface area (Å²) in [6.07, 6.45) is 2.12. The summed E-state index contributed by atoms with van der Waals surface area (Å²) < 4.78 is 18.3. The maximum absolute atomic E-state index is 13.1. The molecule has 4 rings (SSSR count). The van der Waals surface area contributed by atoms with Crippen LogP contribution in [0.1, 0.15) is 30.7 Å². The number of anilines is 1. The van der Waals surface area contributed by atoms with Gasteiger partial charge in [-0.2, -0.15) is 0 Å². The summed E-state index contributed by atoms with van der Waals surface area (Å²) in [6.45, 7) is 1.67. The summed E-state index contributed by atoms with van der Waals surface area (Å²) in [5, 5.41) is 0. The second kappa shape index (κ2) is 7.72. The van der Waals surface area contributed by atoms with Gasteiger partial charge in [-0.25, -0.2) is 9.29 Å². The summed E-state index contributed by atoms with van der Waals surface area (Å²) in [4.78, 5) is 28.0. The lowest BCUT2D eigenvalue weighted by atomic mass is 9.89. The molecule has 1 N–H and O–H groups in total. The lowest BCUT2D eigenvalue weighted by Gasteiger charge is -2.32. The third-order valence-electron chi connectivity index (χ3n) is 5.94. The molecular weight excluding hydrogens is 359 g/mol. The molecule has 2 heterocycles. The van der Waals surface area contributed by atoms with Crippen LogP contribution in [0.2, 0.25) is 0 Å². The number of nitrogens with zero attached hydrogens (tertiary/aromatic N) is 1. The van der Waals surface area contributed by atoms with Gasteiger partial charge in [0.15, 0.2) is 6.04 Å². The molecule has 2 aliphatic heterocycles. The first-order valence-corrected chi connectivity index (χ1v) is 9.67. The van der Waals surface area contributed by atoms with E-state index in [0.29, 0.717) is 17.4 Å². The molecule has 2 saturated heterocycles. The third-order valence-corrected chi connectivity index (χ3v) is 5.94. The number of ether oxygens (including phenoxy) is 1. The van der Waals surface area contributed by atoms with E-state index in [0.717, 1.165) is 31.5 Å². The van der Waals surface area contributed by atoms with E-state index >= 15 is 0 Å².